The Morgan fingerprint density at radius 3 is 3.00 bits per heavy atom. The van der Waals surface area contributed by atoms with Crippen LogP contribution in [0.1, 0.15) is 21.9 Å². The van der Waals surface area contributed by atoms with Crippen molar-refractivity contribution in [3.8, 4) is 0 Å². The number of aryl methyl sites for hydroxylation is 1. The van der Waals surface area contributed by atoms with Crippen LogP contribution in [0.2, 0.25) is 0 Å². The summed E-state index contributed by atoms with van der Waals surface area (Å²) in [7, 11) is 2.16. The van der Waals surface area contributed by atoms with Gasteiger partial charge in [-0.2, -0.15) is 0 Å². The molecule has 4 rings (SSSR count). The van der Waals surface area contributed by atoms with Gasteiger partial charge < -0.3 is 9.15 Å². The second-order valence-corrected chi connectivity index (χ2v) is 8.98. The maximum Gasteiger partial charge on any atom is 0.117 e. The van der Waals surface area contributed by atoms with E-state index in [-0.39, 0.29) is 0 Å². The molecule has 3 atom stereocenters. The summed E-state index contributed by atoms with van der Waals surface area (Å²) in [5, 5.41) is 0. The molecular formula is C20H28N2O2S. The van der Waals surface area contributed by atoms with Crippen LogP contribution in [0.4, 0.5) is 0 Å². The summed E-state index contributed by atoms with van der Waals surface area (Å²) in [5.41, 5.74) is 0. The largest absolute Gasteiger partial charge is 0.468 e. The van der Waals surface area contributed by atoms with Crippen LogP contribution >= 0.6 is 11.3 Å². The van der Waals surface area contributed by atoms with Gasteiger partial charge in [-0.05, 0) is 57.1 Å². The number of likely N-dealkylation sites (N-methyl/N-ethyl adjacent to an activating group) is 1. The van der Waals surface area contributed by atoms with Gasteiger partial charge in [0, 0.05) is 35.3 Å². The maximum absolute atomic E-state index is 6.20. The normalized spacial score (nSPS) is 27.1. The molecule has 4 nitrogen and oxygen atoms in total. The van der Waals surface area contributed by atoms with Gasteiger partial charge in [-0.3, -0.25) is 9.80 Å². The molecule has 0 N–H and O–H groups in total. The van der Waals surface area contributed by atoms with E-state index in [0.29, 0.717) is 12.0 Å². The van der Waals surface area contributed by atoms with Gasteiger partial charge in [0.2, 0.25) is 0 Å². The molecule has 2 aliphatic rings. The van der Waals surface area contributed by atoms with Gasteiger partial charge in [-0.25, -0.2) is 0 Å². The lowest BCUT2D eigenvalue weighted by Gasteiger charge is -2.36. The second-order valence-electron chi connectivity index (χ2n) is 7.61. The second kappa shape index (κ2) is 7.62. The summed E-state index contributed by atoms with van der Waals surface area (Å²) in [6.07, 6.45) is 3.36. The van der Waals surface area contributed by atoms with E-state index in [1.807, 2.05) is 23.5 Å². The first-order valence-corrected chi connectivity index (χ1v) is 10.1. The van der Waals surface area contributed by atoms with E-state index < -0.39 is 0 Å². The van der Waals surface area contributed by atoms with Gasteiger partial charge >= 0.3 is 0 Å². The van der Waals surface area contributed by atoms with Crippen molar-refractivity contribution in [2.45, 2.75) is 32.5 Å². The predicted molar refractivity (Wildman–Crippen MR) is 101 cm³/mol. The monoisotopic (exact) mass is 360 g/mol. The van der Waals surface area contributed by atoms with Crippen molar-refractivity contribution in [2.75, 3.05) is 33.3 Å². The van der Waals surface area contributed by atoms with Gasteiger partial charge in [0.05, 0.1) is 25.5 Å². The highest BCUT2D eigenvalue weighted by Crippen LogP contribution is 2.35. The fraction of sp³-hybridized carbons (Fsp3) is 0.600. The average molecular weight is 361 g/mol. The molecule has 2 fully saturated rings. The van der Waals surface area contributed by atoms with Gasteiger partial charge in [-0.1, -0.05) is 0 Å². The number of piperidine rings is 1. The minimum Gasteiger partial charge on any atom is -0.468 e. The Hall–Kier alpha value is -1.14. The predicted octanol–water partition coefficient (Wildman–Crippen LogP) is 3.62. The number of rotatable bonds is 6. The number of thiophene rings is 1. The van der Waals surface area contributed by atoms with Crippen LogP contribution in [0, 0.1) is 18.8 Å². The highest BCUT2D eigenvalue weighted by atomic mass is 32.1. The zero-order chi connectivity index (χ0) is 17.2. The van der Waals surface area contributed by atoms with Gasteiger partial charge in [0.1, 0.15) is 5.76 Å². The number of ether oxygens (including phenoxy) is 1. The Morgan fingerprint density at radius 1 is 1.32 bits per heavy atom. The Balaban J connectivity index is 1.33. The third kappa shape index (κ3) is 4.17. The van der Waals surface area contributed by atoms with E-state index in [1.165, 1.54) is 29.3 Å². The van der Waals surface area contributed by atoms with Crippen molar-refractivity contribution in [1.82, 2.24) is 9.80 Å². The third-order valence-corrected chi connectivity index (χ3v) is 6.55. The Morgan fingerprint density at radius 2 is 2.24 bits per heavy atom. The van der Waals surface area contributed by atoms with E-state index in [4.69, 9.17) is 9.15 Å². The Kier molecular flexibility index (Phi) is 5.27. The van der Waals surface area contributed by atoms with Crippen molar-refractivity contribution < 1.29 is 9.15 Å². The smallest absolute Gasteiger partial charge is 0.117 e. The molecule has 0 unspecified atom stereocenters. The van der Waals surface area contributed by atoms with E-state index >= 15 is 0 Å². The number of fused-ring (bicyclic) bond motifs is 1. The van der Waals surface area contributed by atoms with Crippen molar-refractivity contribution in [3.63, 3.8) is 0 Å². The summed E-state index contributed by atoms with van der Waals surface area (Å²) in [6.45, 7) is 8.43. The summed E-state index contributed by atoms with van der Waals surface area (Å²) in [4.78, 5) is 7.85. The van der Waals surface area contributed by atoms with Crippen LogP contribution in [0.25, 0.3) is 0 Å². The lowest BCUT2D eigenvalue weighted by Crippen LogP contribution is -2.44. The van der Waals surface area contributed by atoms with Gasteiger partial charge in [-0.15, -0.1) is 11.3 Å². The third-order valence-electron chi connectivity index (χ3n) is 5.57. The van der Waals surface area contributed by atoms with E-state index in [1.54, 1.807) is 6.26 Å². The highest BCUT2D eigenvalue weighted by molar-refractivity contribution is 7.11. The first-order valence-electron chi connectivity index (χ1n) is 9.27. The Labute approximate surface area is 154 Å². The van der Waals surface area contributed by atoms with Crippen LogP contribution in [-0.2, 0) is 17.8 Å². The molecule has 2 aromatic heterocycles. The minimum absolute atomic E-state index is 0.345. The summed E-state index contributed by atoms with van der Waals surface area (Å²) >= 11 is 1.93. The average Bonchev–Trinajstić information content (AvgIpc) is 3.31. The molecule has 0 saturated carbocycles. The number of furan rings is 1. The molecule has 0 aromatic carbocycles. The van der Waals surface area contributed by atoms with E-state index in [2.05, 4.69) is 35.9 Å². The summed E-state index contributed by atoms with van der Waals surface area (Å²) in [6, 6.07) is 8.51. The number of hydrogen-bond donors (Lipinski definition) is 0. The standard InChI is InChI=1S/C20H28N2O2S/c1-15-5-6-18(25-15)11-22-8-7-16-14-24-20(19(16)12-22)13-21(2)10-17-4-3-9-23-17/h3-6,9,16,19-20H,7-8,10-14H2,1-2H3/t16-,19-,20+/m1/s1. The molecule has 0 radical (unpaired) electrons. The molecule has 0 spiro atoms. The number of likely N-dealkylation sites (tertiary alicyclic amines) is 1. The van der Waals surface area contributed by atoms with Crippen molar-refractivity contribution >= 4 is 11.3 Å². The minimum atomic E-state index is 0.345. The van der Waals surface area contributed by atoms with E-state index in [0.717, 1.165) is 37.9 Å². The Bertz CT molecular complexity index is 669. The molecule has 136 valence electrons. The molecule has 0 amide bonds. The molecular weight excluding hydrogens is 332 g/mol. The molecule has 2 saturated heterocycles. The molecule has 4 heterocycles. The molecule has 5 heteroatoms. The van der Waals surface area contributed by atoms with Crippen molar-refractivity contribution in [1.29, 1.82) is 0 Å². The van der Waals surface area contributed by atoms with E-state index in [9.17, 15) is 0 Å². The van der Waals surface area contributed by atoms with Crippen molar-refractivity contribution in [3.05, 3.63) is 46.0 Å². The molecule has 2 aliphatic heterocycles. The SMILES string of the molecule is Cc1ccc(CN2CC[C@@H]3CO[C@@H](CN(C)Cc4ccco4)[C@@H]3C2)s1. The molecule has 0 aliphatic carbocycles. The van der Waals surface area contributed by atoms with Crippen LogP contribution in [-0.4, -0.2) is 49.2 Å². The quantitative estimate of drug-likeness (QED) is 0.787. The summed E-state index contributed by atoms with van der Waals surface area (Å²) < 4.78 is 11.7. The lowest BCUT2D eigenvalue weighted by molar-refractivity contribution is 0.0461. The lowest BCUT2D eigenvalue weighted by atomic mass is 9.84. The first-order chi connectivity index (χ1) is 12.2. The summed E-state index contributed by atoms with van der Waals surface area (Å²) in [5.74, 6) is 2.42. The topological polar surface area (TPSA) is 28.9 Å². The fourth-order valence-electron chi connectivity index (χ4n) is 4.26. The van der Waals surface area contributed by atoms with Gasteiger partial charge in [0.25, 0.3) is 0 Å². The van der Waals surface area contributed by atoms with Crippen LogP contribution in [0.15, 0.2) is 34.9 Å². The maximum atomic E-state index is 6.20. The molecule has 0 bridgehead atoms. The zero-order valence-electron chi connectivity index (χ0n) is 15.2. The van der Waals surface area contributed by atoms with Gasteiger partial charge in [0.15, 0.2) is 0 Å². The first kappa shape index (κ1) is 17.3. The fourth-order valence-corrected chi connectivity index (χ4v) is 5.20. The van der Waals surface area contributed by atoms with Crippen LogP contribution in [0.5, 0.6) is 0 Å². The van der Waals surface area contributed by atoms with Crippen molar-refractivity contribution in [2.24, 2.45) is 11.8 Å². The highest BCUT2D eigenvalue weighted by Gasteiger charge is 2.41. The molecule has 2 aromatic rings. The van der Waals surface area contributed by atoms with Crippen LogP contribution in [0.3, 0.4) is 0 Å². The zero-order valence-corrected chi connectivity index (χ0v) is 16.0. The van der Waals surface area contributed by atoms with Crippen LogP contribution < -0.4 is 0 Å². The number of hydrogen-bond acceptors (Lipinski definition) is 5. The molecule has 25 heavy (non-hydrogen) atoms. The number of nitrogens with zero attached hydrogens (tertiary/aromatic N) is 2.